The molecule has 38 heavy (non-hydrogen) atoms. The van der Waals surface area contributed by atoms with Crippen molar-refractivity contribution in [3.8, 4) is 5.75 Å². The van der Waals surface area contributed by atoms with Crippen molar-refractivity contribution in [3.63, 3.8) is 0 Å². The average Bonchev–Trinajstić information content (AvgIpc) is 3.34. The van der Waals surface area contributed by atoms with Gasteiger partial charge in [0.2, 0.25) is 0 Å². The molecule has 3 aromatic rings. The van der Waals surface area contributed by atoms with Gasteiger partial charge in [-0.1, -0.05) is 0 Å². The third kappa shape index (κ3) is 6.55. The van der Waals surface area contributed by atoms with Gasteiger partial charge in [0, 0.05) is 5.69 Å². The summed E-state index contributed by atoms with van der Waals surface area (Å²) in [5, 5.41) is 20.8. The molecule has 9 N–H and O–H groups in total. The average molecular weight is 598 g/mol. The summed E-state index contributed by atoms with van der Waals surface area (Å²) in [6.45, 7) is -0.940. The molecule has 1 aromatic carbocycles. The molecule has 1 aliphatic heterocycles. The standard InChI is InChI=1S/C16H21N6O13P3/c17-8-1-3-9(4-2-8)33-38(30,34-36(25,26)27)35-37(28,29)31-5-10-12(23)13(24)16(32-10)22-7-21-11-14(18)19-6-20-15(11)22/h1-4,6-7,10,12-13,16,23-24H,5,17H2,(H,28,29)(H2,18,19,20)(H2,25,26,27)/t10-,12?,13?,16-,38?/m1/s1. The van der Waals surface area contributed by atoms with Gasteiger partial charge < -0.3 is 45.6 Å². The van der Waals surface area contributed by atoms with Crippen LogP contribution in [0.1, 0.15) is 6.23 Å². The van der Waals surface area contributed by atoms with Gasteiger partial charge in [0.25, 0.3) is 0 Å². The summed E-state index contributed by atoms with van der Waals surface area (Å²) in [5.74, 6) is -0.309. The first-order valence-electron chi connectivity index (χ1n) is 10.2. The Morgan fingerprint density at radius 2 is 1.66 bits per heavy atom. The molecular weight excluding hydrogens is 577 g/mol. The summed E-state index contributed by atoms with van der Waals surface area (Å²) in [5.41, 5.74) is 11.8. The number of nitrogens with zero attached hydrogens (tertiary/aromatic N) is 4. The van der Waals surface area contributed by atoms with Crippen molar-refractivity contribution >= 4 is 46.1 Å². The van der Waals surface area contributed by atoms with Crippen molar-refractivity contribution in [2.75, 3.05) is 18.1 Å². The van der Waals surface area contributed by atoms with Gasteiger partial charge in [0.1, 0.15) is 35.9 Å². The second kappa shape index (κ2) is 10.6. The first-order chi connectivity index (χ1) is 17.7. The molecule has 0 bridgehead atoms. The summed E-state index contributed by atoms with van der Waals surface area (Å²) < 4.78 is 61.2. The van der Waals surface area contributed by atoms with E-state index in [0.717, 1.165) is 18.5 Å². The number of aliphatic hydroxyl groups excluding tert-OH is 2. The molecule has 1 saturated heterocycles. The molecule has 0 spiro atoms. The van der Waals surface area contributed by atoms with E-state index in [0.29, 0.717) is 0 Å². The molecule has 4 rings (SSSR count). The fourth-order valence-corrected chi connectivity index (χ4v) is 6.92. The lowest BCUT2D eigenvalue weighted by Crippen LogP contribution is -2.33. The fourth-order valence-electron chi connectivity index (χ4n) is 3.31. The van der Waals surface area contributed by atoms with Crippen molar-refractivity contribution < 1.29 is 61.0 Å². The predicted molar refractivity (Wildman–Crippen MR) is 125 cm³/mol. The lowest BCUT2D eigenvalue weighted by atomic mass is 10.1. The minimum Gasteiger partial charge on any atom is -0.403 e. The van der Waals surface area contributed by atoms with Crippen LogP contribution >= 0.6 is 23.5 Å². The minimum absolute atomic E-state index is 0.0446. The van der Waals surface area contributed by atoms with Crippen molar-refractivity contribution in [2.45, 2.75) is 24.5 Å². The Bertz CT molecular complexity index is 1450. The second-order valence-electron chi connectivity index (χ2n) is 7.65. The number of nitrogen functional groups attached to an aromatic ring is 2. The SMILES string of the molecule is Nc1ccc(OP(=O)(OP(=O)(O)O)OP(=O)(O)OC[C@H]2O[C@@H](n3cnc4c(N)ncnc43)C(O)C2O)cc1. The number of phosphoric acid groups is 3. The van der Waals surface area contributed by atoms with Gasteiger partial charge in [0.05, 0.1) is 12.9 Å². The number of hydrogen-bond donors (Lipinski definition) is 7. The van der Waals surface area contributed by atoms with Gasteiger partial charge in [0.15, 0.2) is 17.7 Å². The predicted octanol–water partition coefficient (Wildman–Crippen LogP) is 0.0399. The van der Waals surface area contributed by atoms with Crippen LogP contribution in [0.2, 0.25) is 0 Å². The molecule has 0 aliphatic carbocycles. The summed E-state index contributed by atoms with van der Waals surface area (Å²) in [7, 11) is -16.6. The molecule has 1 fully saturated rings. The monoisotopic (exact) mass is 598 g/mol. The molecule has 0 amide bonds. The zero-order valence-corrected chi connectivity index (χ0v) is 21.5. The number of imidazole rings is 1. The minimum atomic E-state index is -5.59. The number of ether oxygens (including phenoxy) is 1. The van der Waals surface area contributed by atoms with Crippen molar-refractivity contribution in [3.05, 3.63) is 36.9 Å². The van der Waals surface area contributed by atoms with Crippen LogP contribution < -0.4 is 16.0 Å². The summed E-state index contributed by atoms with van der Waals surface area (Å²) in [6.07, 6.45) is -3.69. The lowest BCUT2D eigenvalue weighted by Gasteiger charge is -2.22. The normalized spacial score (nSPS) is 25.2. The Kier molecular flexibility index (Phi) is 7.94. The molecule has 0 radical (unpaired) electrons. The Balaban J connectivity index is 1.47. The first kappa shape index (κ1) is 28.5. The van der Waals surface area contributed by atoms with E-state index in [2.05, 4.69) is 28.1 Å². The van der Waals surface area contributed by atoms with E-state index in [1.807, 2.05) is 0 Å². The molecule has 19 nitrogen and oxygen atoms in total. The van der Waals surface area contributed by atoms with E-state index >= 15 is 0 Å². The molecule has 22 heteroatoms. The van der Waals surface area contributed by atoms with E-state index in [1.165, 1.54) is 23.0 Å². The smallest absolute Gasteiger partial charge is 0.403 e. The lowest BCUT2D eigenvalue weighted by molar-refractivity contribution is -0.0503. The summed E-state index contributed by atoms with van der Waals surface area (Å²) in [4.78, 5) is 40.0. The maximum absolute atomic E-state index is 12.8. The quantitative estimate of drug-likeness (QED) is 0.120. The van der Waals surface area contributed by atoms with E-state index in [1.54, 1.807) is 0 Å². The zero-order chi connectivity index (χ0) is 27.9. The van der Waals surface area contributed by atoms with E-state index in [4.69, 9.17) is 30.5 Å². The van der Waals surface area contributed by atoms with Crippen LogP contribution in [0.5, 0.6) is 5.75 Å². The van der Waals surface area contributed by atoms with Crippen LogP contribution in [-0.4, -0.2) is 69.3 Å². The number of phosphoric ester groups is 1. The maximum atomic E-state index is 12.8. The molecule has 3 heterocycles. The Morgan fingerprint density at radius 1 is 0.974 bits per heavy atom. The number of nitrogens with two attached hydrogens (primary N) is 2. The number of hydrogen-bond acceptors (Lipinski definition) is 15. The molecule has 4 unspecified atom stereocenters. The van der Waals surface area contributed by atoms with Gasteiger partial charge in [-0.3, -0.25) is 9.09 Å². The van der Waals surface area contributed by atoms with E-state index in [9.17, 15) is 28.8 Å². The molecular formula is C16H21N6O13P3. The maximum Gasteiger partial charge on any atom is 0.548 e. The molecule has 6 atom stereocenters. The molecule has 0 saturated carbocycles. The number of fused-ring (bicyclic) bond motifs is 1. The van der Waals surface area contributed by atoms with Crippen LogP contribution in [0.4, 0.5) is 11.5 Å². The van der Waals surface area contributed by atoms with E-state index < -0.39 is 54.6 Å². The second-order valence-corrected chi connectivity index (χ2v) is 12.2. The van der Waals surface area contributed by atoms with Crippen molar-refractivity contribution in [1.29, 1.82) is 0 Å². The van der Waals surface area contributed by atoms with Gasteiger partial charge in [-0.15, -0.1) is 0 Å². The summed E-state index contributed by atoms with van der Waals surface area (Å²) >= 11 is 0. The van der Waals surface area contributed by atoms with Gasteiger partial charge in [-0.2, -0.15) is 8.62 Å². The van der Waals surface area contributed by atoms with Gasteiger partial charge >= 0.3 is 23.5 Å². The topological polar surface area (TPSA) is 294 Å². The van der Waals surface area contributed by atoms with Crippen LogP contribution in [0.3, 0.4) is 0 Å². The highest BCUT2D eigenvalue weighted by Gasteiger charge is 2.48. The van der Waals surface area contributed by atoms with Gasteiger partial charge in [-0.05, 0) is 24.3 Å². The van der Waals surface area contributed by atoms with Crippen LogP contribution in [0, 0.1) is 0 Å². The van der Waals surface area contributed by atoms with Crippen molar-refractivity contribution in [2.24, 2.45) is 0 Å². The molecule has 1 aliphatic rings. The third-order valence-corrected chi connectivity index (χ3v) is 9.09. The number of aliphatic hydroxyl groups is 2. The Labute approximate surface area is 212 Å². The number of rotatable bonds is 10. The number of benzene rings is 1. The van der Waals surface area contributed by atoms with Gasteiger partial charge in [-0.25, -0.2) is 28.6 Å². The molecule has 208 valence electrons. The fraction of sp³-hybridized carbons (Fsp3) is 0.312. The first-order valence-corrected chi connectivity index (χ1v) is 14.7. The zero-order valence-electron chi connectivity index (χ0n) is 18.8. The highest BCUT2D eigenvalue weighted by Crippen LogP contribution is 2.68. The van der Waals surface area contributed by atoms with Crippen molar-refractivity contribution in [1.82, 2.24) is 19.5 Å². The third-order valence-electron chi connectivity index (χ3n) is 4.91. The number of aromatic nitrogens is 4. The highest BCUT2D eigenvalue weighted by molar-refractivity contribution is 7.67. The van der Waals surface area contributed by atoms with Crippen LogP contribution in [0.15, 0.2) is 36.9 Å². The van der Waals surface area contributed by atoms with E-state index in [-0.39, 0.29) is 28.4 Å². The highest BCUT2D eigenvalue weighted by atomic mass is 31.3. The summed E-state index contributed by atoms with van der Waals surface area (Å²) in [6, 6.07) is 4.74. The number of anilines is 2. The van der Waals surface area contributed by atoms with Crippen LogP contribution in [0.25, 0.3) is 11.2 Å². The Morgan fingerprint density at radius 3 is 2.32 bits per heavy atom. The largest absolute Gasteiger partial charge is 0.548 e. The van der Waals surface area contributed by atoms with Crippen LogP contribution in [-0.2, 0) is 31.6 Å². The molecule has 2 aromatic heterocycles. The Hall–Kier alpha value is -2.50.